The Morgan fingerprint density at radius 1 is 0.500 bits per heavy atom. The van der Waals surface area contributed by atoms with Crippen LogP contribution < -0.4 is 0 Å². The van der Waals surface area contributed by atoms with E-state index in [0.29, 0.717) is 10.5 Å². The van der Waals surface area contributed by atoms with Crippen LogP contribution in [-0.4, -0.2) is 19.5 Å². The van der Waals surface area contributed by atoms with Gasteiger partial charge in [0.1, 0.15) is 11.3 Å². The van der Waals surface area contributed by atoms with Gasteiger partial charge in [-0.3, -0.25) is 4.57 Å². The van der Waals surface area contributed by atoms with Crippen molar-refractivity contribution < 1.29 is 0 Å². The van der Waals surface area contributed by atoms with Crippen LogP contribution in [0.4, 0.5) is 0 Å². The van der Waals surface area contributed by atoms with Gasteiger partial charge in [-0.15, -0.1) is 0 Å². The molecule has 190 valence electrons. The lowest BCUT2D eigenvalue weighted by molar-refractivity contribution is 1.08. The van der Waals surface area contributed by atoms with E-state index >= 15 is 0 Å². The van der Waals surface area contributed by atoms with E-state index < -0.39 is 0 Å². The highest BCUT2D eigenvalue weighted by Gasteiger charge is 2.17. The van der Waals surface area contributed by atoms with Crippen molar-refractivity contribution in [2.45, 2.75) is 0 Å². The first-order valence-corrected chi connectivity index (χ1v) is 13.4. The summed E-state index contributed by atoms with van der Waals surface area (Å²) in [5.74, 6) is 0.790. The standard InChI is InChI=1S/C35H23ClN4/c36-30-20-21-37-35-33(30)39-34(40(35)29-14-8-3-9-15-29)27-18-16-24(17-19-27)28-22-31(25-10-4-1-5-11-25)38-32(23-28)26-12-6-2-7-13-26/h1-23H. The zero-order chi connectivity index (χ0) is 26.9. The molecule has 4 nitrogen and oxygen atoms in total. The van der Waals surface area contributed by atoms with Gasteiger partial charge in [0.25, 0.3) is 0 Å². The molecule has 0 saturated heterocycles. The van der Waals surface area contributed by atoms with E-state index in [4.69, 9.17) is 21.6 Å². The molecule has 0 radical (unpaired) electrons. The maximum atomic E-state index is 6.53. The van der Waals surface area contributed by atoms with E-state index in [1.165, 1.54) is 0 Å². The van der Waals surface area contributed by atoms with Gasteiger partial charge in [0, 0.05) is 28.6 Å². The van der Waals surface area contributed by atoms with Crippen LogP contribution in [0.5, 0.6) is 0 Å². The smallest absolute Gasteiger partial charge is 0.166 e. The Labute approximate surface area is 237 Å². The Hall–Kier alpha value is -5.06. The van der Waals surface area contributed by atoms with Crippen molar-refractivity contribution in [1.29, 1.82) is 0 Å². The maximum Gasteiger partial charge on any atom is 0.166 e. The first-order chi connectivity index (χ1) is 19.7. The highest BCUT2D eigenvalue weighted by Crippen LogP contribution is 2.34. The first-order valence-electron chi connectivity index (χ1n) is 13.1. The molecule has 0 saturated carbocycles. The molecule has 0 atom stereocenters. The lowest BCUT2D eigenvalue weighted by atomic mass is 9.99. The zero-order valence-corrected chi connectivity index (χ0v) is 22.2. The van der Waals surface area contributed by atoms with E-state index in [1.807, 2.05) is 54.6 Å². The van der Waals surface area contributed by atoms with Gasteiger partial charge in [0.2, 0.25) is 0 Å². The molecule has 0 aliphatic carbocycles. The molecule has 0 N–H and O–H groups in total. The number of benzene rings is 4. The molecular weight excluding hydrogens is 512 g/mol. The average Bonchev–Trinajstić information content (AvgIpc) is 3.43. The van der Waals surface area contributed by atoms with E-state index in [2.05, 4.69) is 82.3 Å². The summed E-state index contributed by atoms with van der Waals surface area (Å²) in [6.07, 6.45) is 1.72. The molecule has 0 amide bonds. The molecule has 3 aromatic heterocycles. The lowest BCUT2D eigenvalue weighted by Gasteiger charge is -2.12. The van der Waals surface area contributed by atoms with Crippen LogP contribution >= 0.6 is 11.6 Å². The molecule has 0 fully saturated rings. The van der Waals surface area contributed by atoms with Gasteiger partial charge in [-0.25, -0.2) is 15.0 Å². The van der Waals surface area contributed by atoms with E-state index in [9.17, 15) is 0 Å². The number of imidazole rings is 1. The molecule has 0 bridgehead atoms. The predicted molar refractivity (Wildman–Crippen MR) is 163 cm³/mol. The number of pyridine rings is 2. The minimum atomic E-state index is 0.580. The fraction of sp³-hybridized carbons (Fsp3) is 0. The third-order valence-corrected chi connectivity index (χ3v) is 7.26. The Morgan fingerprint density at radius 2 is 1.05 bits per heavy atom. The molecule has 0 aliphatic rings. The molecule has 0 spiro atoms. The largest absolute Gasteiger partial charge is 0.277 e. The van der Waals surface area contributed by atoms with Crippen LogP contribution in [0, 0.1) is 0 Å². The van der Waals surface area contributed by atoms with Crippen LogP contribution in [0.1, 0.15) is 0 Å². The van der Waals surface area contributed by atoms with Gasteiger partial charge in [-0.05, 0) is 41.5 Å². The third-order valence-electron chi connectivity index (χ3n) is 6.95. The van der Waals surface area contributed by atoms with Crippen LogP contribution in [0.25, 0.3) is 61.9 Å². The van der Waals surface area contributed by atoms with Crippen molar-refractivity contribution in [2.75, 3.05) is 0 Å². The number of nitrogens with zero attached hydrogens (tertiary/aromatic N) is 4. The van der Waals surface area contributed by atoms with E-state index in [1.54, 1.807) is 12.3 Å². The Kier molecular flexibility index (Phi) is 6.15. The second-order valence-electron chi connectivity index (χ2n) is 9.51. The Morgan fingerprint density at radius 3 is 1.65 bits per heavy atom. The van der Waals surface area contributed by atoms with Gasteiger partial charge in [-0.1, -0.05) is 115 Å². The molecule has 5 heteroatoms. The summed E-state index contributed by atoms with van der Waals surface area (Å²) in [6, 6.07) is 45.3. The number of fused-ring (bicyclic) bond motifs is 1. The normalized spacial score (nSPS) is 11.1. The highest BCUT2D eigenvalue weighted by atomic mass is 35.5. The zero-order valence-electron chi connectivity index (χ0n) is 21.4. The fourth-order valence-electron chi connectivity index (χ4n) is 4.98. The molecule has 0 aliphatic heterocycles. The summed E-state index contributed by atoms with van der Waals surface area (Å²) in [4.78, 5) is 14.6. The van der Waals surface area contributed by atoms with Gasteiger partial charge in [-0.2, -0.15) is 0 Å². The lowest BCUT2D eigenvalue weighted by Crippen LogP contribution is -1.98. The number of para-hydroxylation sites is 1. The van der Waals surface area contributed by atoms with Crippen LogP contribution in [0.2, 0.25) is 5.02 Å². The van der Waals surface area contributed by atoms with Crippen molar-refractivity contribution in [3.05, 3.63) is 145 Å². The molecule has 3 heterocycles. The summed E-state index contributed by atoms with van der Waals surface area (Å²) in [6.45, 7) is 0. The minimum Gasteiger partial charge on any atom is -0.277 e. The second kappa shape index (κ2) is 10.3. The molecule has 40 heavy (non-hydrogen) atoms. The quantitative estimate of drug-likeness (QED) is 0.221. The summed E-state index contributed by atoms with van der Waals surface area (Å²) >= 11 is 6.53. The monoisotopic (exact) mass is 534 g/mol. The summed E-state index contributed by atoms with van der Waals surface area (Å²) in [5.41, 5.74) is 9.60. The van der Waals surface area contributed by atoms with Crippen LogP contribution in [0.15, 0.2) is 140 Å². The Balaban J connectivity index is 1.35. The molecule has 4 aromatic carbocycles. The number of hydrogen-bond acceptors (Lipinski definition) is 3. The van der Waals surface area contributed by atoms with Crippen molar-refractivity contribution in [3.63, 3.8) is 0 Å². The number of rotatable bonds is 5. The van der Waals surface area contributed by atoms with Gasteiger partial charge >= 0.3 is 0 Å². The van der Waals surface area contributed by atoms with Crippen LogP contribution in [0.3, 0.4) is 0 Å². The predicted octanol–water partition coefficient (Wildman–Crippen LogP) is 9.14. The molecule has 7 rings (SSSR count). The van der Waals surface area contributed by atoms with Crippen molar-refractivity contribution in [3.8, 4) is 50.7 Å². The van der Waals surface area contributed by atoms with Crippen molar-refractivity contribution in [2.24, 2.45) is 0 Å². The topological polar surface area (TPSA) is 43.6 Å². The van der Waals surface area contributed by atoms with Crippen molar-refractivity contribution >= 4 is 22.8 Å². The second-order valence-corrected chi connectivity index (χ2v) is 9.91. The highest BCUT2D eigenvalue weighted by molar-refractivity contribution is 6.34. The summed E-state index contributed by atoms with van der Waals surface area (Å²) in [7, 11) is 0. The maximum absolute atomic E-state index is 6.53. The first kappa shape index (κ1) is 24.0. The number of aromatic nitrogens is 4. The molecular formula is C35H23ClN4. The van der Waals surface area contributed by atoms with Gasteiger partial charge in [0.15, 0.2) is 5.65 Å². The number of hydrogen-bond donors (Lipinski definition) is 0. The molecule has 0 unspecified atom stereocenters. The third kappa shape index (κ3) is 4.45. The van der Waals surface area contributed by atoms with Gasteiger partial charge in [0.05, 0.1) is 16.4 Å². The van der Waals surface area contributed by atoms with E-state index in [0.717, 1.165) is 56.4 Å². The molecule has 7 aromatic rings. The summed E-state index contributed by atoms with van der Waals surface area (Å²) in [5, 5.41) is 0.580. The minimum absolute atomic E-state index is 0.580. The fourth-order valence-corrected chi connectivity index (χ4v) is 5.16. The number of halogens is 1. The summed E-state index contributed by atoms with van der Waals surface area (Å²) < 4.78 is 2.06. The van der Waals surface area contributed by atoms with Crippen LogP contribution in [-0.2, 0) is 0 Å². The van der Waals surface area contributed by atoms with E-state index in [-0.39, 0.29) is 0 Å². The Bertz CT molecular complexity index is 1870. The SMILES string of the molecule is Clc1ccnc2c1nc(-c1ccc(-c3cc(-c4ccccc4)nc(-c4ccccc4)c3)cc1)n2-c1ccccc1. The van der Waals surface area contributed by atoms with Gasteiger partial charge < -0.3 is 0 Å². The average molecular weight is 535 g/mol. The van der Waals surface area contributed by atoms with Crippen molar-refractivity contribution in [1.82, 2.24) is 19.5 Å².